The summed E-state index contributed by atoms with van der Waals surface area (Å²) in [6.45, 7) is 4.09. The molecule has 1 aromatic carbocycles. The third-order valence-electron chi connectivity index (χ3n) is 4.45. The van der Waals surface area contributed by atoms with Crippen molar-refractivity contribution in [3.05, 3.63) is 29.3 Å². The zero-order valence-corrected chi connectivity index (χ0v) is 12.6. The highest BCUT2D eigenvalue weighted by atomic mass is 16.3. The highest BCUT2D eigenvalue weighted by Gasteiger charge is 2.24. The van der Waals surface area contributed by atoms with Crippen LogP contribution in [-0.4, -0.2) is 18.2 Å². The van der Waals surface area contributed by atoms with Gasteiger partial charge in [0.2, 0.25) is 0 Å². The molecular formula is C17H24N2O. The van der Waals surface area contributed by atoms with Gasteiger partial charge in [-0.1, -0.05) is 25.8 Å². The molecule has 2 rings (SSSR count). The van der Waals surface area contributed by atoms with E-state index in [0.29, 0.717) is 11.6 Å². The SMILES string of the molecule is CC1CCCC(N(C)c2cc(C#N)ccc2C(C)O)C1. The molecule has 1 aromatic rings. The van der Waals surface area contributed by atoms with Crippen LogP contribution >= 0.6 is 0 Å². The Hall–Kier alpha value is -1.53. The minimum Gasteiger partial charge on any atom is -0.389 e. The smallest absolute Gasteiger partial charge is 0.0992 e. The van der Waals surface area contributed by atoms with Crippen LogP contribution in [0.3, 0.4) is 0 Å². The zero-order valence-electron chi connectivity index (χ0n) is 12.6. The van der Waals surface area contributed by atoms with Gasteiger partial charge in [0.05, 0.1) is 17.7 Å². The molecule has 1 N–H and O–H groups in total. The second-order valence-electron chi connectivity index (χ2n) is 6.10. The van der Waals surface area contributed by atoms with E-state index in [9.17, 15) is 5.11 Å². The molecule has 0 aromatic heterocycles. The number of aliphatic hydroxyl groups is 1. The van der Waals surface area contributed by atoms with Gasteiger partial charge < -0.3 is 10.0 Å². The Bertz CT molecular complexity index is 504. The van der Waals surface area contributed by atoms with E-state index in [2.05, 4.69) is 24.9 Å². The number of benzene rings is 1. The molecule has 0 heterocycles. The van der Waals surface area contributed by atoms with Gasteiger partial charge in [-0.3, -0.25) is 0 Å². The monoisotopic (exact) mass is 272 g/mol. The third-order valence-corrected chi connectivity index (χ3v) is 4.45. The molecule has 1 fully saturated rings. The maximum absolute atomic E-state index is 9.96. The Morgan fingerprint density at radius 3 is 2.75 bits per heavy atom. The fourth-order valence-electron chi connectivity index (χ4n) is 3.22. The fourth-order valence-corrected chi connectivity index (χ4v) is 3.22. The standard InChI is InChI=1S/C17H24N2O/c1-12-5-4-6-15(9-12)19(3)17-10-14(11-18)7-8-16(17)13(2)20/h7-8,10,12-13,15,20H,4-6,9H2,1-3H3. The summed E-state index contributed by atoms with van der Waals surface area (Å²) in [5.74, 6) is 0.755. The summed E-state index contributed by atoms with van der Waals surface area (Å²) < 4.78 is 0. The predicted octanol–water partition coefficient (Wildman–Crippen LogP) is 3.63. The first-order chi connectivity index (χ1) is 9.52. The predicted molar refractivity (Wildman–Crippen MR) is 81.6 cm³/mol. The van der Waals surface area contributed by atoms with E-state index in [1.165, 1.54) is 25.7 Å². The second kappa shape index (κ2) is 6.28. The molecule has 1 saturated carbocycles. The van der Waals surface area contributed by atoms with Crippen LogP contribution in [0.4, 0.5) is 5.69 Å². The summed E-state index contributed by atoms with van der Waals surface area (Å²) in [5, 5.41) is 19.1. The molecule has 0 bridgehead atoms. The number of nitriles is 1. The summed E-state index contributed by atoms with van der Waals surface area (Å²) in [5.41, 5.74) is 2.56. The van der Waals surface area contributed by atoms with E-state index in [1.807, 2.05) is 12.1 Å². The number of aliphatic hydroxyl groups excluding tert-OH is 1. The molecule has 0 spiro atoms. The molecule has 0 radical (unpaired) electrons. The molecule has 1 aliphatic rings. The first kappa shape index (κ1) is 14.9. The number of hydrogen-bond acceptors (Lipinski definition) is 3. The average Bonchev–Trinajstić information content (AvgIpc) is 2.45. The van der Waals surface area contributed by atoms with Gasteiger partial charge in [0.15, 0.2) is 0 Å². The van der Waals surface area contributed by atoms with Gasteiger partial charge >= 0.3 is 0 Å². The van der Waals surface area contributed by atoms with Crippen LogP contribution in [0.5, 0.6) is 0 Å². The maximum atomic E-state index is 9.96. The van der Waals surface area contributed by atoms with E-state index >= 15 is 0 Å². The van der Waals surface area contributed by atoms with Crippen LogP contribution in [0.15, 0.2) is 18.2 Å². The lowest BCUT2D eigenvalue weighted by Crippen LogP contribution is -2.36. The minimum absolute atomic E-state index is 0.505. The highest BCUT2D eigenvalue weighted by molar-refractivity contribution is 5.58. The quantitative estimate of drug-likeness (QED) is 0.914. The van der Waals surface area contributed by atoms with Crippen LogP contribution in [0.2, 0.25) is 0 Å². The number of hydrogen-bond donors (Lipinski definition) is 1. The Labute approximate surface area is 121 Å². The van der Waals surface area contributed by atoms with E-state index in [-0.39, 0.29) is 0 Å². The van der Waals surface area contributed by atoms with Gasteiger partial charge in [0, 0.05) is 24.3 Å². The maximum Gasteiger partial charge on any atom is 0.0992 e. The minimum atomic E-state index is -0.513. The van der Waals surface area contributed by atoms with Gasteiger partial charge in [-0.25, -0.2) is 0 Å². The van der Waals surface area contributed by atoms with Gasteiger partial charge in [-0.2, -0.15) is 5.26 Å². The van der Waals surface area contributed by atoms with Crippen LogP contribution < -0.4 is 4.90 Å². The Morgan fingerprint density at radius 2 is 2.15 bits per heavy atom. The lowest BCUT2D eigenvalue weighted by Gasteiger charge is -2.37. The molecule has 108 valence electrons. The highest BCUT2D eigenvalue weighted by Crippen LogP contribution is 2.33. The lowest BCUT2D eigenvalue weighted by molar-refractivity contribution is 0.199. The average molecular weight is 272 g/mol. The van der Waals surface area contributed by atoms with E-state index < -0.39 is 6.10 Å². The van der Waals surface area contributed by atoms with Gasteiger partial charge in [-0.05, 0) is 37.8 Å². The van der Waals surface area contributed by atoms with Crippen molar-refractivity contribution in [1.29, 1.82) is 5.26 Å². The zero-order chi connectivity index (χ0) is 14.7. The van der Waals surface area contributed by atoms with Gasteiger partial charge in [0.25, 0.3) is 0 Å². The lowest BCUT2D eigenvalue weighted by atomic mass is 9.86. The van der Waals surface area contributed by atoms with Gasteiger partial charge in [-0.15, -0.1) is 0 Å². The largest absolute Gasteiger partial charge is 0.389 e. The molecule has 3 heteroatoms. The van der Waals surface area contributed by atoms with Crippen molar-refractivity contribution in [2.75, 3.05) is 11.9 Å². The molecule has 0 amide bonds. The molecule has 3 nitrogen and oxygen atoms in total. The van der Waals surface area contributed by atoms with Gasteiger partial charge in [0.1, 0.15) is 0 Å². The Morgan fingerprint density at radius 1 is 1.40 bits per heavy atom. The molecule has 0 aliphatic heterocycles. The number of anilines is 1. The summed E-state index contributed by atoms with van der Waals surface area (Å²) in [7, 11) is 2.09. The summed E-state index contributed by atoms with van der Waals surface area (Å²) in [4.78, 5) is 2.26. The van der Waals surface area contributed by atoms with Crippen molar-refractivity contribution in [3.63, 3.8) is 0 Å². The molecule has 3 unspecified atom stereocenters. The van der Waals surface area contributed by atoms with E-state index in [0.717, 1.165) is 17.2 Å². The second-order valence-corrected chi connectivity index (χ2v) is 6.10. The molecule has 0 saturated heterocycles. The molecule has 1 aliphatic carbocycles. The molecule has 3 atom stereocenters. The van der Waals surface area contributed by atoms with Crippen LogP contribution in [0.25, 0.3) is 0 Å². The van der Waals surface area contributed by atoms with Crippen molar-refractivity contribution in [3.8, 4) is 6.07 Å². The van der Waals surface area contributed by atoms with E-state index in [1.54, 1.807) is 13.0 Å². The van der Waals surface area contributed by atoms with Crippen LogP contribution in [0, 0.1) is 17.2 Å². The van der Waals surface area contributed by atoms with Crippen LogP contribution in [-0.2, 0) is 0 Å². The van der Waals surface area contributed by atoms with Crippen molar-refractivity contribution in [2.24, 2.45) is 5.92 Å². The molecule has 20 heavy (non-hydrogen) atoms. The van der Waals surface area contributed by atoms with Crippen molar-refractivity contribution >= 4 is 5.69 Å². The van der Waals surface area contributed by atoms with Crippen LogP contribution in [0.1, 0.15) is 56.8 Å². The summed E-state index contributed by atoms with van der Waals surface area (Å²) in [6, 6.07) is 8.26. The van der Waals surface area contributed by atoms with Crippen molar-refractivity contribution in [1.82, 2.24) is 0 Å². The normalized spacial score (nSPS) is 23.9. The first-order valence-corrected chi connectivity index (χ1v) is 7.48. The first-order valence-electron chi connectivity index (χ1n) is 7.48. The van der Waals surface area contributed by atoms with E-state index in [4.69, 9.17) is 5.26 Å². The summed E-state index contributed by atoms with van der Waals surface area (Å²) >= 11 is 0. The third kappa shape index (κ3) is 3.13. The topological polar surface area (TPSA) is 47.3 Å². The summed E-state index contributed by atoms with van der Waals surface area (Å²) in [6.07, 6.45) is 4.44. The number of rotatable bonds is 3. The van der Waals surface area contributed by atoms with Crippen molar-refractivity contribution in [2.45, 2.75) is 51.7 Å². The Kier molecular flexibility index (Phi) is 4.67. The fraction of sp³-hybridized carbons (Fsp3) is 0.588. The number of nitrogens with zero attached hydrogens (tertiary/aromatic N) is 2. The van der Waals surface area contributed by atoms with Crippen molar-refractivity contribution < 1.29 is 5.11 Å². The Balaban J connectivity index is 2.31. The molecular weight excluding hydrogens is 248 g/mol.